The van der Waals surface area contributed by atoms with E-state index in [0.717, 1.165) is 10.8 Å². The molecule has 1 fully saturated rings. The second-order valence-corrected chi connectivity index (χ2v) is 9.23. The Bertz CT molecular complexity index is 1450. The molecule has 1 amide bonds. The summed E-state index contributed by atoms with van der Waals surface area (Å²) in [5, 5.41) is 2.77. The number of H-pyrrole nitrogens is 1. The topological polar surface area (TPSA) is 89.5 Å². The van der Waals surface area contributed by atoms with Crippen LogP contribution in [-0.2, 0) is 4.79 Å². The lowest BCUT2D eigenvalue weighted by molar-refractivity contribution is -0.142. The van der Waals surface area contributed by atoms with Crippen molar-refractivity contribution in [3.8, 4) is 11.5 Å². The molecule has 0 bridgehead atoms. The molecule has 172 valence electrons. The van der Waals surface area contributed by atoms with Crippen LogP contribution in [-0.4, -0.2) is 52.7 Å². The van der Waals surface area contributed by atoms with Crippen LogP contribution >= 0.6 is 0 Å². The van der Waals surface area contributed by atoms with Crippen molar-refractivity contribution >= 4 is 38.6 Å². The minimum Gasteiger partial charge on any atom is -0.493 e. The molecule has 1 aliphatic heterocycles. The molecule has 0 aliphatic carbocycles. The van der Waals surface area contributed by atoms with Gasteiger partial charge in [0, 0.05) is 41.6 Å². The van der Waals surface area contributed by atoms with Crippen molar-refractivity contribution in [1.82, 2.24) is 19.4 Å². The number of aromatic amines is 1. The standard InChI is InChI=1S/C25H28N4O4/c1-13(2)21(25(31)28-11-14(3)12-28)29-22-15-6-7-26-23(15)27-10-18(22)16-8-19(32-4)20(33-5)9-17(16)24(29)30/h6-10,13-14,21H,11-12H2,1-5H3,(H,26,27)/t21-/m1/s1. The molecule has 8 heteroatoms. The summed E-state index contributed by atoms with van der Waals surface area (Å²) in [5.41, 5.74) is 1.14. The Balaban J connectivity index is 1.91. The number of methoxy groups -OCH3 is 2. The smallest absolute Gasteiger partial charge is 0.259 e. The molecule has 33 heavy (non-hydrogen) atoms. The fourth-order valence-electron chi connectivity index (χ4n) is 4.99. The number of carbonyl (C=O) groups excluding carboxylic acids is 1. The monoisotopic (exact) mass is 448 g/mol. The second kappa shape index (κ2) is 7.79. The number of rotatable bonds is 5. The number of fused-ring (bicyclic) bond motifs is 5. The summed E-state index contributed by atoms with van der Waals surface area (Å²) in [6.45, 7) is 7.53. The van der Waals surface area contributed by atoms with Gasteiger partial charge in [-0.2, -0.15) is 0 Å². The van der Waals surface area contributed by atoms with Crippen LogP contribution in [0.4, 0.5) is 0 Å². The van der Waals surface area contributed by atoms with Crippen LogP contribution < -0.4 is 15.0 Å². The van der Waals surface area contributed by atoms with E-state index in [9.17, 15) is 9.59 Å². The summed E-state index contributed by atoms with van der Waals surface area (Å²) in [5.74, 6) is 1.36. The van der Waals surface area contributed by atoms with Crippen LogP contribution in [0, 0.1) is 11.8 Å². The van der Waals surface area contributed by atoms with E-state index in [0.29, 0.717) is 52.4 Å². The largest absolute Gasteiger partial charge is 0.493 e. The Kier molecular flexibility index (Phi) is 5.03. The van der Waals surface area contributed by atoms with Gasteiger partial charge in [0.25, 0.3) is 5.56 Å². The maximum atomic E-state index is 14.1. The van der Waals surface area contributed by atoms with E-state index in [1.54, 1.807) is 37.2 Å². The zero-order valence-electron chi connectivity index (χ0n) is 19.5. The predicted octanol–water partition coefficient (Wildman–Crippen LogP) is 3.72. The molecule has 1 N–H and O–H groups in total. The molecule has 0 unspecified atom stereocenters. The molecule has 1 aromatic carbocycles. The van der Waals surface area contributed by atoms with E-state index < -0.39 is 6.04 Å². The predicted molar refractivity (Wildman–Crippen MR) is 128 cm³/mol. The Morgan fingerprint density at radius 3 is 2.36 bits per heavy atom. The van der Waals surface area contributed by atoms with Gasteiger partial charge in [0.1, 0.15) is 11.7 Å². The average Bonchev–Trinajstić information content (AvgIpc) is 3.26. The van der Waals surface area contributed by atoms with Gasteiger partial charge in [0.05, 0.1) is 25.1 Å². The van der Waals surface area contributed by atoms with Crippen molar-refractivity contribution in [2.24, 2.45) is 11.8 Å². The molecular formula is C25H28N4O4. The van der Waals surface area contributed by atoms with Gasteiger partial charge in [-0.1, -0.05) is 20.8 Å². The number of nitrogens with zero attached hydrogens (tertiary/aromatic N) is 3. The molecule has 4 heterocycles. The van der Waals surface area contributed by atoms with E-state index in [-0.39, 0.29) is 17.4 Å². The van der Waals surface area contributed by atoms with E-state index in [2.05, 4.69) is 16.9 Å². The molecule has 5 rings (SSSR count). The van der Waals surface area contributed by atoms with Gasteiger partial charge >= 0.3 is 0 Å². The zero-order valence-corrected chi connectivity index (χ0v) is 19.5. The molecular weight excluding hydrogens is 420 g/mol. The Morgan fingerprint density at radius 2 is 1.76 bits per heavy atom. The molecule has 0 saturated carbocycles. The minimum absolute atomic E-state index is 0.0215. The summed E-state index contributed by atoms with van der Waals surface area (Å²) in [6, 6.07) is 4.78. The fraction of sp³-hybridized carbons (Fsp3) is 0.400. The summed E-state index contributed by atoms with van der Waals surface area (Å²) < 4.78 is 12.7. The molecule has 1 saturated heterocycles. The third kappa shape index (κ3) is 3.15. The van der Waals surface area contributed by atoms with Crippen molar-refractivity contribution in [3.63, 3.8) is 0 Å². The highest BCUT2D eigenvalue weighted by atomic mass is 16.5. The quantitative estimate of drug-likeness (QED) is 0.470. The van der Waals surface area contributed by atoms with E-state index >= 15 is 0 Å². The van der Waals surface area contributed by atoms with Gasteiger partial charge in [0.2, 0.25) is 5.91 Å². The average molecular weight is 449 g/mol. The third-order valence-electron chi connectivity index (χ3n) is 6.60. The summed E-state index contributed by atoms with van der Waals surface area (Å²) >= 11 is 0. The van der Waals surface area contributed by atoms with Crippen molar-refractivity contribution < 1.29 is 14.3 Å². The molecule has 1 atom stereocenters. The molecule has 1 aliphatic rings. The SMILES string of the molecule is COc1cc2c(=O)n([C@@H](C(=O)N3CC(C)C3)C(C)C)c3c4cc[nH]c4ncc3c2cc1OC. The lowest BCUT2D eigenvalue weighted by Gasteiger charge is -2.40. The maximum Gasteiger partial charge on any atom is 0.259 e. The first-order chi connectivity index (χ1) is 15.8. The van der Waals surface area contributed by atoms with Crippen LogP contribution in [0.1, 0.15) is 26.8 Å². The van der Waals surface area contributed by atoms with Crippen molar-refractivity contribution in [2.75, 3.05) is 27.3 Å². The summed E-state index contributed by atoms with van der Waals surface area (Å²) in [6.07, 6.45) is 3.56. The van der Waals surface area contributed by atoms with Gasteiger partial charge in [-0.15, -0.1) is 0 Å². The van der Waals surface area contributed by atoms with Crippen LogP contribution in [0.15, 0.2) is 35.4 Å². The van der Waals surface area contributed by atoms with Crippen molar-refractivity contribution in [3.05, 3.63) is 40.9 Å². The normalized spacial score (nSPS) is 15.4. The highest BCUT2D eigenvalue weighted by molar-refractivity contribution is 6.14. The number of likely N-dealkylation sites (tertiary alicyclic amines) is 1. The van der Waals surface area contributed by atoms with E-state index in [1.165, 1.54) is 0 Å². The Labute approximate surface area is 191 Å². The van der Waals surface area contributed by atoms with E-state index in [1.807, 2.05) is 30.9 Å². The number of benzene rings is 1. The number of hydrogen-bond acceptors (Lipinski definition) is 5. The number of hydrogen-bond donors (Lipinski definition) is 1. The highest BCUT2D eigenvalue weighted by Gasteiger charge is 2.36. The van der Waals surface area contributed by atoms with E-state index in [4.69, 9.17) is 9.47 Å². The molecule has 8 nitrogen and oxygen atoms in total. The van der Waals surface area contributed by atoms with Gasteiger partial charge in [-0.05, 0) is 30.0 Å². The lowest BCUT2D eigenvalue weighted by Crippen LogP contribution is -2.53. The van der Waals surface area contributed by atoms with Crippen LogP contribution in [0.3, 0.4) is 0 Å². The van der Waals surface area contributed by atoms with Gasteiger partial charge in [-0.3, -0.25) is 14.2 Å². The highest BCUT2D eigenvalue weighted by Crippen LogP contribution is 2.37. The van der Waals surface area contributed by atoms with Crippen LogP contribution in [0.25, 0.3) is 32.7 Å². The fourth-order valence-corrected chi connectivity index (χ4v) is 4.99. The maximum absolute atomic E-state index is 14.1. The molecule has 3 aromatic heterocycles. The molecule has 4 aromatic rings. The van der Waals surface area contributed by atoms with Gasteiger partial charge in [0.15, 0.2) is 11.5 Å². The zero-order chi connectivity index (χ0) is 23.4. The Hall–Kier alpha value is -3.55. The minimum atomic E-state index is -0.634. The number of ether oxygens (including phenoxy) is 2. The molecule has 0 radical (unpaired) electrons. The summed E-state index contributed by atoms with van der Waals surface area (Å²) in [4.78, 5) is 37.3. The second-order valence-electron chi connectivity index (χ2n) is 9.23. The van der Waals surface area contributed by atoms with Gasteiger partial charge in [-0.25, -0.2) is 4.98 Å². The Morgan fingerprint density at radius 1 is 1.09 bits per heavy atom. The lowest BCUT2D eigenvalue weighted by atomic mass is 9.95. The number of pyridine rings is 2. The van der Waals surface area contributed by atoms with Crippen LogP contribution in [0.2, 0.25) is 0 Å². The third-order valence-corrected chi connectivity index (χ3v) is 6.60. The number of carbonyl (C=O) groups is 1. The summed E-state index contributed by atoms with van der Waals surface area (Å²) in [7, 11) is 3.11. The van der Waals surface area contributed by atoms with Gasteiger partial charge < -0.3 is 19.4 Å². The first kappa shape index (κ1) is 21.3. The van der Waals surface area contributed by atoms with Crippen molar-refractivity contribution in [1.29, 1.82) is 0 Å². The molecule has 0 spiro atoms. The number of aromatic nitrogens is 3. The van der Waals surface area contributed by atoms with Crippen LogP contribution in [0.5, 0.6) is 11.5 Å². The van der Waals surface area contributed by atoms with Crippen molar-refractivity contribution in [2.45, 2.75) is 26.8 Å². The first-order valence-electron chi connectivity index (χ1n) is 11.2. The number of amides is 1. The number of nitrogens with one attached hydrogen (secondary N) is 1. The first-order valence-corrected chi connectivity index (χ1v) is 11.2.